The molecule has 0 aromatic carbocycles. The minimum absolute atomic E-state index is 0.102. The first-order valence-electron chi connectivity index (χ1n) is 6.60. The van der Waals surface area contributed by atoms with Crippen LogP contribution in [0.1, 0.15) is 23.2 Å². The Morgan fingerprint density at radius 3 is 3.05 bits per heavy atom. The van der Waals surface area contributed by atoms with Crippen molar-refractivity contribution in [1.82, 2.24) is 20.2 Å². The van der Waals surface area contributed by atoms with Crippen LogP contribution in [0.25, 0.3) is 0 Å². The molecule has 1 aliphatic heterocycles. The number of aromatic amines is 1. The summed E-state index contributed by atoms with van der Waals surface area (Å²) in [7, 11) is 0. The molecule has 1 amide bonds. The van der Waals surface area contributed by atoms with E-state index < -0.39 is 0 Å². The van der Waals surface area contributed by atoms with Gasteiger partial charge in [0.05, 0.1) is 11.4 Å². The number of anilines is 1. The van der Waals surface area contributed by atoms with E-state index in [-0.39, 0.29) is 17.2 Å². The summed E-state index contributed by atoms with van der Waals surface area (Å²) in [4.78, 5) is 30.9. The van der Waals surface area contributed by atoms with Gasteiger partial charge < -0.3 is 4.98 Å². The molecule has 3 rings (SSSR count). The normalized spacial score (nSPS) is 13.1. The number of carbonyl (C=O) groups excluding carboxylic acids is 1. The summed E-state index contributed by atoms with van der Waals surface area (Å²) < 4.78 is 0. The second-order valence-electron chi connectivity index (χ2n) is 4.48. The van der Waals surface area contributed by atoms with Gasteiger partial charge in [-0.15, -0.1) is 10.2 Å². The number of amides is 1. The van der Waals surface area contributed by atoms with E-state index in [1.54, 1.807) is 11.8 Å². The molecular weight excluding hydrogens is 342 g/mol. The standard InChI is InChI=1S/C12H13N5O2S3/c1-2-9-16-17-12(22-9)14-8(18)5-21-11-13-7-4-20-3-6(7)10(19)15-11/h2-5H2,1H3,(H,13,15,19)(H,14,17,18). The zero-order valence-electron chi connectivity index (χ0n) is 11.7. The van der Waals surface area contributed by atoms with Crippen LogP contribution in [0.15, 0.2) is 9.95 Å². The van der Waals surface area contributed by atoms with Crippen LogP contribution in [0.2, 0.25) is 0 Å². The number of nitrogens with zero attached hydrogens (tertiary/aromatic N) is 3. The summed E-state index contributed by atoms with van der Waals surface area (Å²) in [5.74, 6) is 1.43. The summed E-state index contributed by atoms with van der Waals surface area (Å²) in [5, 5.41) is 12.4. The average Bonchev–Trinajstić information content (AvgIpc) is 3.14. The van der Waals surface area contributed by atoms with E-state index in [4.69, 9.17) is 0 Å². The lowest BCUT2D eigenvalue weighted by molar-refractivity contribution is -0.113. The molecule has 10 heteroatoms. The quantitative estimate of drug-likeness (QED) is 0.621. The molecule has 0 saturated heterocycles. The third-order valence-corrected chi connectivity index (χ3v) is 5.75. The summed E-state index contributed by atoms with van der Waals surface area (Å²) in [6.07, 6.45) is 0.792. The number of carbonyl (C=O) groups is 1. The molecule has 0 unspecified atom stereocenters. The van der Waals surface area contributed by atoms with Gasteiger partial charge in [0, 0.05) is 17.1 Å². The van der Waals surface area contributed by atoms with Gasteiger partial charge in [0.2, 0.25) is 11.0 Å². The van der Waals surface area contributed by atoms with Gasteiger partial charge in [-0.2, -0.15) is 11.8 Å². The van der Waals surface area contributed by atoms with E-state index in [9.17, 15) is 9.59 Å². The van der Waals surface area contributed by atoms with Crippen molar-refractivity contribution in [3.05, 3.63) is 26.6 Å². The van der Waals surface area contributed by atoms with Gasteiger partial charge in [-0.05, 0) is 6.42 Å². The van der Waals surface area contributed by atoms with E-state index in [1.807, 2.05) is 6.92 Å². The Morgan fingerprint density at radius 2 is 2.27 bits per heavy atom. The molecule has 2 N–H and O–H groups in total. The van der Waals surface area contributed by atoms with Crippen LogP contribution in [0.3, 0.4) is 0 Å². The fourth-order valence-corrected chi connectivity index (χ4v) is 4.26. The van der Waals surface area contributed by atoms with Gasteiger partial charge in [-0.1, -0.05) is 30.0 Å². The van der Waals surface area contributed by atoms with Crippen LogP contribution < -0.4 is 10.9 Å². The molecule has 0 aliphatic carbocycles. The number of aryl methyl sites for hydroxylation is 1. The minimum Gasteiger partial charge on any atom is -0.301 e. The zero-order chi connectivity index (χ0) is 15.5. The highest BCUT2D eigenvalue weighted by Crippen LogP contribution is 2.26. The van der Waals surface area contributed by atoms with Gasteiger partial charge >= 0.3 is 0 Å². The molecule has 3 heterocycles. The molecule has 22 heavy (non-hydrogen) atoms. The van der Waals surface area contributed by atoms with Crippen LogP contribution >= 0.6 is 34.9 Å². The van der Waals surface area contributed by atoms with Crippen LogP contribution in [-0.4, -0.2) is 31.8 Å². The van der Waals surface area contributed by atoms with Crippen molar-refractivity contribution in [2.75, 3.05) is 11.1 Å². The smallest absolute Gasteiger partial charge is 0.255 e. The van der Waals surface area contributed by atoms with Crippen molar-refractivity contribution in [3.63, 3.8) is 0 Å². The Kier molecular flexibility index (Phi) is 4.79. The number of rotatable bonds is 5. The van der Waals surface area contributed by atoms with Crippen molar-refractivity contribution < 1.29 is 4.79 Å². The van der Waals surface area contributed by atoms with Crippen molar-refractivity contribution in [1.29, 1.82) is 0 Å². The number of nitrogens with one attached hydrogen (secondary N) is 2. The molecule has 7 nitrogen and oxygen atoms in total. The molecular formula is C12H13N5O2S3. The molecule has 0 fully saturated rings. The van der Waals surface area contributed by atoms with Gasteiger partial charge in [0.15, 0.2) is 5.16 Å². The molecule has 0 spiro atoms. The summed E-state index contributed by atoms with van der Waals surface area (Å²) >= 11 is 4.24. The van der Waals surface area contributed by atoms with Crippen LogP contribution in [0.4, 0.5) is 5.13 Å². The average molecular weight is 355 g/mol. The Balaban J connectivity index is 1.59. The molecule has 2 aromatic heterocycles. The van der Waals surface area contributed by atoms with Gasteiger partial charge in [-0.25, -0.2) is 4.98 Å². The molecule has 0 radical (unpaired) electrons. The second kappa shape index (κ2) is 6.80. The number of hydrogen-bond donors (Lipinski definition) is 2. The Labute approximate surface area is 138 Å². The maximum atomic E-state index is 11.9. The van der Waals surface area contributed by atoms with Gasteiger partial charge in [0.25, 0.3) is 5.56 Å². The number of fused-ring (bicyclic) bond motifs is 1. The maximum absolute atomic E-state index is 11.9. The van der Waals surface area contributed by atoms with E-state index >= 15 is 0 Å². The fraction of sp³-hybridized carbons (Fsp3) is 0.417. The first-order chi connectivity index (χ1) is 10.7. The lowest BCUT2D eigenvalue weighted by atomic mass is 10.3. The predicted molar refractivity (Wildman–Crippen MR) is 88.5 cm³/mol. The highest BCUT2D eigenvalue weighted by molar-refractivity contribution is 7.99. The first kappa shape index (κ1) is 15.5. The summed E-state index contributed by atoms with van der Waals surface area (Å²) in [5.41, 5.74) is 1.47. The molecule has 2 aromatic rings. The van der Waals surface area contributed by atoms with Crippen LogP contribution in [0.5, 0.6) is 0 Å². The Bertz CT molecular complexity index is 757. The SMILES string of the molecule is CCc1nnc(NC(=O)CSc2nc3c(c(=O)[nH]2)CSC3)s1. The lowest BCUT2D eigenvalue weighted by Gasteiger charge is -2.03. The predicted octanol–water partition coefficient (Wildman–Crippen LogP) is 1.66. The van der Waals surface area contributed by atoms with E-state index in [0.717, 1.165) is 28.4 Å². The van der Waals surface area contributed by atoms with Crippen molar-refractivity contribution in [2.45, 2.75) is 30.0 Å². The second-order valence-corrected chi connectivity index (χ2v) is 7.49. The van der Waals surface area contributed by atoms with Crippen LogP contribution in [0, 0.1) is 0 Å². The molecule has 116 valence electrons. The zero-order valence-corrected chi connectivity index (χ0v) is 14.2. The first-order valence-corrected chi connectivity index (χ1v) is 9.56. The largest absolute Gasteiger partial charge is 0.301 e. The van der Waals surface area contributed by atoms with E-state index in [1.165, 1.54) is 23.1 Å². The fourth-order valence-electron chi connectivity index (χ4n) is 1.84. The Morgan fingerprint density at radius 1 is 1.41 bits per heavy atom. The number of aromatic nitrogens is 4. The monoisotopic (exact) mass is 355 g/mol. The van der Waals surface area contributed by atoms with E-state index in [2.05, 4.69) is 25.5 Å². The maximum Gasteiger partial charge on any atom is 0.255 e. The van der Waals surface area contributed by atoms with Gasteiger partial charge in [0.1, 0.15) is 5.01 Å². The minimum atomic E-state index is -0.193. The molecule has 1 aliphatic rings. The topological polar surface area (TPSA) is 101 Å². The van der Waals surface area contributed by atoms with Crippen molar-refractivity contribution >= 4 is 45.9 Å². The highest BCUT2D eigenvalue weighted by atomic mass is 32.2. The summed E-state index contributed by atoms with van der Waals surface area (Å²) in [6, 6.07) is 0. The van der Waals surface area contributed by atoms with Gasteiger partial charge in [-0.3, -0.25) is 14.9 Å². The molecule has 0 bridgehead atoms. The third-order valence-electron chi connectivity index (χ3n) is 2.92. The number of hydrogen-bond acceptors (Lipinski definition) is 8. The third kappa shape index (κ3) is 3.50. The number of thioether (sulfide) groups is 2. The summed E-state index contributed by atoms with van der Waals surface area (Å²) in [6.45, 7) is 1.98. The highest BCUT2D eigenvalue weighted by Gasteiger charge is 2.18. The van der Waals surface area contributed by atoms with Crippen molar-refractivity contribution in [2.24, 2.45) is 0 Å². The van der Waals surface area contributed by atoms with Crippen LogP contribution in [-0.2, 0) is 22.7 Å². The van der Waals surface area contributed by atoms with E-state index in [0.29, 0.717) is 16.0 Å². The van der Waals surface area contributed by atoms with Crippen molar-refractivity contribution in [3.8, 4) is 0 Å². The molecule has 0 atom stereocenters. The molecule has 0 saturated carbocycles. The lowest BCUT2D eigenvalue weighted by Crippen LogP contribution is -2.17. The number of H-pyrrole nitrogens is 1. The Hall–Kier alpha value is -1.39.